The van der Waals surface area contributed by atoms with Gasteiger partial charge in [0.2, 0.25) is 0 Å². The van der Waals surface area contributed by atoms with Crippen molar-refractivity contribution < 1.29 is 26.1 Å². The highest BCUT2D eigenvalue weighted by Crippen LogP contribution is 2.32. The molecule has 0 bridgehead atoms. The van der Waals surface area contributed by atoms with Crippen molar-refractivity contribution in [2.24, 2.45) is 0 Å². The van der Waals surface area contributed by atoms with E-state index in [2.05, 4.69) is 0 Å². The zero-order chi connectivity index (χ0) is 17.1. The Hall–Kier alpha value is -1.86. The van der Waals surface area contributed by atoms with Crippen molar-refractivity contribution in [2.75, 3.05) is 0 Å². The minimum Gasteiger partial charge on any atom is -0.744 e. The molecule has 0 aromatic heterocycles. The van der Waals surface area contributed by atoms with E-state index in [1.54, 1.807) is 6.07 Å². The van der Waals surface area contributed by atoms with Crippen molar-refractivity contribution in [1.29, 1.82) is 0 Å². The maximum Gasteiger partial charge on any atom is 0.416 e. The average molecular weight is 343 g/mol. The first-order valence-corrected chi connectivity index (χ1v) is 8.29. The fourth-order valence-electron chi connectivity index (χ4n) is 2.32. The van der Waals surface area contributed by atoms with Crippen LogP contribution in [0.5, 0.6) is 0 Å². The van der Waals surface area contributed by atoms with Crippen LogP contribution in [0.15, 0.2) is 53.4 Å². The second-order valence-corrected chi connectivity index (χ2v) is 6.49. The molecular formula is C16H14F3O3S-. The van der Waals surface area contributed by atoms with Gasteiger partial charge in [-0.1, -0.05) is 30.3 Å². The molecule has 0 fully saturated rings. The molecule has 0 amide bonds. The zero-order valence-corrected chi connectivity index (χ0v) is 12.8. The van der Waals surface area contributed by atoms with Crippen LogP contribution in [0.4, 0.5) is 13.2 Å². The first-order valence-electron chi connectivity index (χ1n) is 6.88. The quantitative estimate of drug-likeness (QED) is 0.776. The van der Waals surface area contributed by atoms with Gasteiger partial charge in [-0.2, -0.15) is 13.2 Å². The van der Waals surface area contributed by atoms with Crippen LogP contribution in [0, 0.1) is 0 Å². The van der Waals surface area contributed by atoms with E-state index >= 15 is 0 Å². The molecule has 0 heterocycles. The van der Waals surface area contributed by atoms with Gasteiger partial charge < -0.3 is 4.55 Å². The molecule has 0 saturated carbocycles. The van der Waals surface area contributed by atoms with Crippen LogP contribution in [0.1, 0.15) is 23.1 Å². The summed E-state index contributed by atoms with van der Waals surface area (Å²) in [6.07, 6.45) is -3.14. The Kier molecular flexibility index (Phi) is 5.11. The molecule has 2 aromatic rings. The number of halogens is 3. The molecule has 0 spiro atoms. The Labute approximate surface area is 132 Å². The monoisotopic (exact) mass is 343 g/mol. The minimum absolute atomic E-state index is 0.235. The molecule has 0 saturated heterocycles. The first-order chi connectivity index (χ1) is 10.7. The van der Waals surface area contributed by atoms with Gasteiger partial charge in [-0.3, -0.25) is 0 Å². The summed E-state index contributed by atoms with van der Waals surface area (Å²) in [6.45, 7) is 0. The number of hydrogen-bond donors (Lipinski definition) is 0. The third-order valence-electron chi connectivity index (χ3n) is 3.45. The summed E-state index contributed by atoms with van der Waals surface area (Å²) < 4.78 is 71.0. The Morgan fingerprint density at radius 2 is 1.52 bits per heavy atom. The second-order valence-electron chi connectivity index (χ2n) is 5.11. The summed E-state index contributed by atoms with van der Waals surface area (Å²) in [6, 6.07) is 10.9. The van der Waals surface area contributed by atoms with Gasteiger partial charge in [-0.25, -0.2) is 8.42 Å². The third-order valence-corrected chi connectivity index (χ3v) is 4.30. The molecule has 2 rings (SSSR count). The Morgan fingerprint density at radius 1 is 0.913 bits per heavy atom. The summed E-state index contributed by atoms with van der Waals surface area (Å²) in [5.41, 5.74) is 0.369. The smallest absolute Gasteiger partial charge is 0.416 e. The van der Waals surface area contributed by atoms with E-state index in [1.165, 1.54) is 36.4 Å². The van der Waals surface area contributed by atoms with E-state index in [0.29, 0.717) is 12.8 Å². The second kappa shape index (κ2) is 6.72. The van der Waals surface area contributed by atoms with Gasteiger partial charge in [0.05, 0.1) is 10.5 Å². The Bertz CT molecular complexity index is 766. The van der Waals surface area contributed by atoms with Crippen LogP contribution < -0.4 is 0 Å². The van der Waals surface area contributed by atoms with Crippen LogP contribution in [0.25, 0.3) is 0 Å². The van der Waals surface area contributed by atoms with Crippen molar-refractivity contribution in [3.05, 3.63) is 65.2 Å². The lowest BCUT2D eigenvalue weighted by atomic mass is 9.99. The van der Waals surface area contributed by atoms with Gasteiger partial charge in [0.15, 0.2) is 0 Å². The normalized spacial score (nSPS) is 12.3. The number of hydrogen-bond acceptors (Lipinski definition) is 3. The topological polar surface area (TPSA) is 57.2 Å². The Balaban J connectivity index is 2.01. The molecule has 0 atom stereocenters. The molecule has 0 aliphatic rings. The maximum absolute atomic E-state index is 12.9. The maximum atomic E-state index is 12.9. The summed E-state index contributed by atoms with van der Waals surface area (Å²) in [5, 5.41) is 0. The molecular weight excluding hydrogens is 329 g/mol. The van der Waals surface area contributed by atoms with E-state index in [1.807, 2.05) is 0 Å². The van der Waals surface area contributed by atoms with Crippen LogP contribution in [-0.2, 0) is 29.1 Å². The highest BCUT2D eigenvalue weighted by molar-refractivity contribution is 7.85. The van der Waals surface area contributed by atoms with Gasteiger partial charge in [-0.15, -0.1) is 0 Å². The van der Waals surface area contributed by atoms with Gasteiger partial charge >= 0.3 is 6.18 Å². The summed E-state index contributed by atoms with van der Waals surface area (Å²) >= 11 is 0. The van der Waals surface area contributed by atoms with Gasteiger partial charge in [0, 0.05) is 0 Å². The molecule has 2 aromatic carbocycles. The lowest BCUT2D eigenvalue weighted by Gasteiger charge is -2.12. The molecule has 3 nitrogen and oxygen atoms in total. The van der Waals surface area contributed by atoms with E-state index in [4.69, 9.17) is 0 Å². The summed E-state index contributed by atoms with van der Waals surface area (Å²) in [7, 11) is -4.48. The fourth-order valence-corrected chi connectivity index (χ4v) is 2.79. The van der Waals surface area contributed by atoms with Crippen molar-refractivity contribution in [3.8, 4) is 0 Å². The molecule has 124 valence electrons. The van der Waals surface area contributed by atoms with Gasteiger partial charge in [0.1, 0.15) is 10.1 Å². The molecule has 0 aliphatic heterocycles. The number of benzene rings is 2. The van der Waals surface area contributed by atoms with Gasteiger partial charge in [-0.05, 0) is 48.6 Å². The molecule has 23 heavy (non-hydrogen) atoms. The van der Waals surface area contributed by atoms with Crippen LogP contribution in [-0.4, -0.2) is 13.0 Å². The van der Waals surface area contributed by atoms with E-state index in [0.717, 1.165) is 11.6 Å². The highest BCUT2D eigenvalue weighted by atomic mass is 32.2. The number of aryl methyl sites for hydroxylation is 2. The molecule has 0 N–H and O–H groups in total. The highest BCUT2D eigenvalue weighted by Gasteiger charge is 2.32. The van der Waals surface area contributed by atoms with Crippen molar-refractivity contribution in [2.45, 2.75) is 30.3 Å². The third kappa shape index (κ3) is 4.80. The first kappa shape index (κ1) is 17.5. The minimum atomic E-state index is -4.48. The van der Waals surface area contributed by atoms with E-state index in [-0.39, 0.29) is 16.9 Å². The van der Waals surface area contributed by atoms with E-state index < -0.39 is 21.9 Å². The van der Waals surface area contributed by atoms with Crippen LogP contribution in [0.2, 0.25) is 0 Å². The summed E-state index contributed by atoms with van der Waals surface area (Å²) in [4.78, 5) is -0.316. The van der Waals surface area contributed by atoms with Crippen LogP contribution >= 0.6 is 0 Å². The SMILES string of the molecule is O=S(=O)([O-])c1ccc(CCCc2ccccc2C(F)(F)F)cc1. The molecule has 0 unspecified atom stereocenters. The van der Waals surface area contributed by atoms with Crippen LogP contribution in [0.3, 0.4) is 0 Å². The Morgan fingerprint density at radius 3 is 2.09 bits per heavy atom. The zero-order valence-electron chi connectivity index (χ0n) is 12.0. The fraction of sp³-hybridized carbons (Fsp3) is 0.250. The van der Waals surface area contributed by atoms with Crippen molar-refractivity contribution >= 4 is 10.1 Å². The number of rotatable bonds is 5. The lowest BCUT2D eigenvalue weighted by molar-refractivity contribution is -0.138. The predicted octanol–water partition coefficient (Wildman–Crippen LogP) is 3.78. The average Bonchev–Trinajstić information content (AvgIpc) is 2.46. The van der Waals surface area contributed by atoms with Crippen molar-refractivity contribution in [3.63, 3.8) is 0 Å². The number of alkyl halides is 3. The van der Waals surface area contributed by atoms with Gasteiger partial charge in [0.25, 0.3) is 0 Å². The van der Waals surface area contributed by atoms with E-state index in [9.17, 15) is 26.1 Å². The largest absolute Gasteiger partial charge is 0.744 e. The molecule has 7 heteroatoms. The molecule has 0 radical (unpaired) electrons. The lowest BCUT2D eigenvalue weighted by Crippen LogP contribution is -2.09. The summed E-state index contributed by atoms with van der Waals surface area (Å²) in [5.74, 6) is 0. The van der Waals surface area contributed by atoms with Crippen molar-refractivity contribution in [1.82, 2.24) is 0 Å². The predicted molar refractivity (Wildman–Crippen MR) is 77.9 cm³/mol. The molecule has 0 aliphatic carbocycles. The standard InChI is InChI=1S/C16H15F3O3S/c17-16(18,19)15-7-2-1-5-13(15)6-3-4-12-8-10-14(11-9-12)23(20,21)22/h1-2,5,7-11H,3-4,6H2,(H,20,21,22)/p-1.